The van der Waals surface area contributed by atoms with E-state index in [9.17, 15) is 32.1 Å². The first-order chi connectivity index (χ1) is 17.3. The number of rotatable bonds is 7. The average molecular weight is 578 g/mol. The molecule has 4 aromatic rings. The molecule has 0 aliphatic heterocycles. The van der Waals surface area contributed by atoms with Gasteiger partial charge in [-0.1, -0.05) is 30.0 Å². The van der Waals surface area contributed by atoms with Gasteiger partial charge in [0.15, 0.2) is 9.84 Å². The maximum absolute atomic E-state index is 12.2. The fourth-order valence-corrected chi connectivity index (χ4v) is 6.17. The first kappa shape index (κ1) is 26.5. The molecule has 0 radical (unpaired) electrons. The molecular formula is C23H16ClN3O7S3. The fraction of sp³-hybridized carbons (Fsp3) is 0.0435. The number of nitro groups is 1. The minimum atomic E-state index is -3.94. The van der Waals surface area contributed by atoms with Crippen LogP contribution in [-0.2, 0) is 18.9 Å². The zero-order chi connectivity index (χ0) is 27.0. The molecule has 14 heteroatoms. The number of phenols is 1. The van der Waals surface area contributed by atoms with Crippen molar-refractivity contribution in [2.45, 2.75) is 19.6 Å². The van der Waals surface area contributed by atoms with Crippen molar-refractivity contribution >= 4 is 69.2 Å². The lowest BCUT2D eigenvalue weighted by Crippen LogP contribution is -1.99. The molecule has 4 aromatic carbocycles. The van der Waals surface area contributed by atoms with Crippen LogP contribution in [0.15, 0.2) is 103 Å². The van der Waals surface area contributed by atoms with Gasteiger partial charge in [0.2, 0.25) is 0 Å². The van der Waals surface area contributed by atoms with Crippen molar-refractivity contribution < 1.29 is 26.9 Å². The number of hydrogen-bond acceptors (Lipinski definition) is 10. The van der Waals surface area contributed by atoms with E-state index in [2.05, 4.69) is 10.2 Å². The van der Waals surface area contributed by atoms with Crippen molar-refractivity contribution in [2.75, 3.05) is 6.26 Å². The number of sulfone groups is 1. The SMILES string of the molecule is CS(=O)(=O)c1cc([N+](=O)[O-])ccc1N=Nc1ccc(O)c2cccc(Sc3cccc(S(=O)(=O)Cl)c3)c12. The van der Waals surface area contributed by atoms with Crippen molar-refractivity contribution in [3.05, 3.63) is 82.9 Å². The van der Waals surface area contributed by atoms with E-state index in [1.165, 1.54) is 42.1 Å². The van der Waals surface area contributed by atoms with Crippen LogP contribution < -0.4 is 0 Å². The van der Waals surface area contributed by atoms with Gasteiger partial charge >= 0.3 is 0 Å². The molecule has 0 aromatic heterocycles. The second kappa shape index (κ2) is 10.1. The highest BCUT2D eigenvalue weighted by Gasteiger charge is 2.19. The normalized spacial score (nSPS) is 12.3. The molecule has 0 bridgehead atoms. The summed E-state index contributed by atoms with van der Waals surface area (Å²) < 4.78 is 48.0. The van der Waals surface area contributed by atoms with Crippen molar-refractivity contribution in [3.63, 3.8) is 0 Å². The Balaban J connectivity index is 1.84. The van der Waals surface area contributed by atoms with E-state index < -0.39 is 29.5 Å². The quantitative estimate of drug-likeness (QED) is 0.115. The molecule has 0 spiro atoms. The summed E-state index contributed by atoms with van der Waals surface area (Å²) in [6, 6.07) is 17.2. The Labute approximate surface area is 220 Å². The lowest BCUT2D eigenvalue weighted by molar-refractivity contribution is -0.385. The number of aromatic hydroxyl groups is 1. The number of phenolic OH excluding ortho intramolecular Hbond substituents is 1. The summed E-state index contributed by atoms with van der Waals surface area (Å²) in [6.07, 6.45) is 0.908. The molecule has 0 aliphatic carbocycles. The fourth-order valence-electron chi connectivity index (χ4n) is 3.43. The molecule has 10 nitrogen and oxygen atoms in total. The third-order valence-corrected chi connectivity index (χ3v) is 8.62. The Hall–Kier alpha value is -3.52. The Morgan fingerprint density at radius 2 is 1.59 bits per heavy atom. The largest absolute Gasteiger partial charge is 0.507 e. The van der Waals surface area contributed by atoms with Crippen LogP contribution >= 0.6 is 22.4 Å². The minimum Gasteiger partial charge on any atom is -0.507 e. The molecule has 0 unspecified atom stereocenters. The zero-order valence-corrected chi connectivity index (χ0v) is 22.0. The summed E-state index contributed by atoms with van der Waals surface area (Å²) in [6.45, 7) is 0. The van der Waals surface area contributed by atoms with Gasteiger partial charge in [-0.3, -0.25) is 10.1 Å². The van der Waals surface area contributed by atoms with Gasteiger partial charge in [0.25, 0.3) is 14.7 Å². The van der Waals surface area contributed by atoms with Crippen LogP contribution in [0.2, 0.25) is 0 Å². The van der Waals surface area contributed by atoms with E-state index in [1.807, 2.05) is 0 Å². The number of halogens is 1. The molecule has 0 fully saturated rings. The average Bonchev–Trinajstić information content (AvgIpc) is 2.83. The highest BCUT2D eigenvalue weighted by atomic mass is 35.7. The molecule has 190 valence electrons. The van der Waals surface area contributed by atoms with Crippen molar-refractivity contribution in [1.29, 1.82) is 0 Å². The van der Waals surface area contributed by atoms with Gasteiger partial charge in [0.1, 0.15) is 16.3 Å². The minimum absolute atomic E-state index is 0.0411. The number of azo groups is 1. The Morgan fingerprint density at radius 1 is 0.919 bits per heavy atom. The summed E-state index contributed by atoms with van der Waals surface area (Å²) in [5.41, 5.74) is -0.233. The standard InChI is InChI=1S/C23H16ClN3O7S3/c1-36(31,32)22-12-14(27(29)30)8-9-18(22)25-26-19-10-11-20(28)17-6-3-7-21(23(17)19)35-15-4-2-5-16(13-15)37(24,33)34/h2-13,28H,1H3. The Morgan fingerprint density at radius 3 is 2.27 bits per heavy atom. The summed E-state index contributed by atoms with van der Waals surface area (Å²) in [7, 11) is -2.35. The van der Waals surface area contributed by atoms with E-state index >= 15 is 0 Å². The summed E-state index contributed by atoms with van der Waals surface area (Å²) in [4.78, 5) is 11.1. The maximum atomic E-state index is 12.2. The molecule has 1 N–H and O–H groups in total. The number of fused-ring (bicyclic) bond motifs is 1. The molecule has 0 saturated carbocycles. The molecule has 0 saturated heterocycles. The van der Waals surface area contributed by atoms with Crippen LogP contribution in [0.5, 0.6) is 5.75 Å². The van der Waals surface area contributed by atoms with Gasteiger partial charge < -0.3 is 5.11 Å². The summed E-state index contributed by atoms with van der Waals surface area (Å²) in [5.74, 6) is -0.0411. The number of benzene rings is 4. The highest BCUT2D eigenvalue weighted by molar-refractivity contribution is 8.13. The van der Waals surface area contributed by atoms with Gasteiger partial charge in [-0.15, -0.1) is 10.2 Å². The van der Waals surface area contributed by atoms with Gasteiger partial charge in [0.05, 0.1) is 15.5 Å². The molecule has 37 heavy (non-hydrogen) atoms. The number of nitrogens with zero attached hydrogens (tertiary/aromatic N) is 3. The predicted molar refractivity (Wildman–Crippen MR) is 140 cm³/mol. The van der Waals surface area contributed by atoms with Crippen molar-refractivity contribution in [3.8, 4) is 5.75 Å². The van der Waals surface area contributed by atoms with E-state index in [1.54, 1.807) is 30.3 Å². The summed E-state index contributed by atoms with van der Waals surface area (Å²) in [5, 5.41) is 30.7. The first-order valence-corrected chi connectivity index (χ1v) is 15.2. The van der Waals surface area contributed by atoms with Crippen LogP contribution in [0.4, 0.5) is 17.1 Å². The summed E-state index contributed by atoms with van der Waals surface area (Å²) >= 11 is 1.20. The molecule has 0 atom stereocenters. The monoisotopic (exact) mass is 577 g/mol. The van der Waals surface area contributed by atoms with Crippen LogP contribution in [0, 0.1) is 10.1 Å². The smallest absolute Gasteiger partial charge is 0.270 e. The molecule has 0 heterocycles. The van der Waals surface area contributed by atoms with Gasteiger partial charge in [-0.2, -0.15) is 0 Å². The van der Waals surface area contributed by atoms with Crippen LogP contribution in [0.1, 0.15) is 0 Å². The molecule has 0 aliphatic rings. The lowest BCUT2D eigenvalue weighted by atomic mass is 10.1. The van der Waals surface area contributed by atoms with Gasteiger partial charge in [-0.05, 0) is 42.5 Å². The molecule has 0 amide bonds. The van der Waals surface area contributed by atoms with E-state index in [4.69, 9.17) is 10.7 Å². The maximum Gasteiger partial charge on any atom is 0.270 e. The lowest BCUT2D eigenvalue weighted by Gasteiger charge is -2.10. The topological polar surface area (TPSA) is 156 Å². The van der Waals surface area contributed by atoms with E-state index in [0.717, 1.165) is 18.4 Å². The highest BCUT2D eigenvalue weighted by Crippen LogP contribution is 2.42. The Bertz CT molecular complexity index is 1810. The molecule has 4 rings (SSSR count). The van der Waals surface area contributed by atoms with Crippen LogP contribution in [0.25, 0.3) is 10.8 Å². The molecular weight excluding hydrogens is 562 g/mol. The number of hydrogen-bond donors (Lipinski definition) is 1. The van der Waals surface area contributed by atoms with Gasteiger partial charge in [0, 0.05) is 49.6 Å². The zero-order valence-electron chi connectivity index (χ0n) is 18.8. The van der Waals surface area contributed by atoms with Crippen LogP contribution in [-0.4, -0.2) is 33.1 Å². The number of nitro benzene ring substituents is 1. The third kappa shape index (κ3) is 5.91. The second-order valence-electron chi connectivity index (χ2n) is 7.68. The third-order valence-electron chi connectivity index (χ3n) is 5.09. The van der Waals surface area contributed by atoms with E-state index in [0.29, 0.717) is 20.6 Å². The Kier molecular flexibility index (Phi) is 7.24. The van der Waals surface area contributed by atoms with Crippen LogP contribution in [0.3, 0.4) is 0 Å². The van der Waals surface area contributed by atoms with E-state index in [-0.39, 0.29) is 26.9 Å². The van der Waals surface area contributed by atoms with Crippen molar-refractivity contribution in [2.24, 2.45) is 10.2 Å². The first-order valence-electron chi connectivity index (χ1n) is 10.2. The second-order valence-corrected chi connectivity index (χ2v) is 13.3. The van der Waals surface area contributed by atoms with Gasteiger partial charge in [-0.25, -0.2) is 16.8 Å². The number of non-ortho nitro benzene ring substituents is 1. The predicted octanol–water partition coefficient (Wildman–Crippen LogP) is 6.35. The van der Waals surface area contributed by atoms with Crippen molar-refractivity contribution in [1.82, 2.24) is 0 Å².